The number of rotatable bonds is 2. The van der Waals surface area contributed by atoms with Crippen molar-refractivity contribution in [1.29, 1.82) is 0 Å². The summed E-state index contributed by atoms with van der Waals surface area (Å²) in [6.45, 7) is 0. The number of imidazole rings is 1. The number of pyridine rings is 1. The van der Waals surface area contributed by atoms with Gasteiger partial charge in [-0.1, -0.05) is 6.07 Å². The zero-order chi connectivity index (χ0) is 14.3. The Kier molecular flexibility index (Phi) is 2.79. The second-order valence-corrected chi connectivity index (χ2v) is 6.35. The number of sulfone groups is 1. The molecule has 2 heterocycles. The Morgan fingerprint density at radius 1 is 1.25 bits per heavy atom. The summed E-state index contributed by atoms with van der Waals surface area (Å²) >= 11 is 0. The van der Waals surface area contributed by atoms with Gasteiger partial charge in [0.25, 0.3) is 0 Å². The predicted octanol–water partition coefficient (Wildman–Crippen LogP) is 2.17. The van der Waals surface area contributed by atoms with E-state index in [9.17, 15) is 12.8 Å². The molecule has 0 saturated carbocycles. The fourth-order valence-corrected chi connectivity index (χ4v) is 2.83. The average molecular weight is 291 g/mol. The van der Waals surface area contributed by atoms with E-state index in [1.165, 1.54) is 18.3 Å². The van der Waals surface area contributed by atoms with Crippen molar-refractivity contribution in [1.82, 2.24) is 15.0 Å². The molecule has 0 aliphatic carbocycles. The lowest BCUT2D eigenvalue weighted by atomic mass is 10.2. The minimum Gasteiger partial charge on any atom is -0.338 e. The Bertz CT molecular complexity index is 903. The van der Waals surface area contributed by atoms with Crippen LogP contribution in [-0.2, 0) is 9.84 Å². The molecule has 3 aromatic rings. The van der Waals surface area contributed by atoms with Crippen LogP contribution in [-0.4, -0.2) is 29.6 Å². The first kappa shape index (κ1) is 12.7. The summed E-state index contributed by atoms with van der Waals surface area (Å²) in [4.78, 5) is 10.9. The lowest BCUT2D eigenvalue weighted by Crippen LogP contribution is -1.97. The number of benzene rings is 1. The first-order valence-corrected chi connectivity index (χ1v) is 7.64. The van der Waals surface area contributed by atoms with Crippen LogP contribution in [0.2, 0.25) is 0 Å². The third-order valence-electron chi connectivity index (χ3n) is 2.90. The lowest BCUT2D eigenvalue weighted by molar-refractivity contribution is 0.602. The number of aromatic amines is 1. The van der Waals surface area contributed by atoms with Crippen LogP contribution in [0.3, 0.4) is 0 Å². The Morgan fingerprint density at radius 2 is 2.05 bits per heavy atom. The standard InChI is InChI=1S/C13H10FN3O2S/c1-20(18,19)11-4-2-3-10-12(11)17-13(16-10)8-5-6-15-7-9(8)14/h2-7H,1H3,(H,16,17). The molecule has 3 rings (SSSR count). The van der Waals surface area contributed by atoms with Gasteiger partial charge in [0.15, 0.2) is 15.7 Å². The summed E-state index contributed by atoms with van der Waals surface area (Å²) < 4.78 is 37.1. The Balaban J connectivity index is 2.30. The molecular weight excluding hydrogens is 281 g/mol. The summed E-state index contributed by atoms with van der Waals surface area (Å²) in [7, 11) is -3.40. The van der Waals surface area contributed by atoms with Gasteiger partial charge in [-0.25, -0.2) is 17.8 Å². The van der Waals surface area contributed by atoms with Gasteiger partial charge in [0.1, 0.15) is 11.3 Å². The van der Waals surface area contributed by atoms with Crippen LogP contribution in [0, 0.1) is 5.82 Å². The van der Waals surface area contributed by atoms with Crippen molar-refractivity contribution in [3.8, 4) is 11.4 Å². The first-order valence-electron chi connectivity index (χ1n) is 5.75. The molecule has 0 aliphatic heterocycles. The van der Waals surface area contributed by atoms with Gasteiger partial charge in [0.05, 0.1) is 22.2 Å². The van der Waals surface area contributed by atoms with E-state index in [-0.39, 0.29) is 16.3 Å². The predicted molar refractivity (Wildman–Crippen MR) is 72.4 cm³/mol. The van der Waals surface area contributed by atoms with Crippen LogP contribution in [0.1, 0.15) is 0 Å². The minimum atomic E-state index is -3.40. The van der Waals surface area contributed by atoms with Crippen LogP contribution in [0.4, 0.5) is 4.39 Å². The van der Waals surface area contributed by atoms with Crippen molar-refractivity contribution in [2.45, 2.75) is 4.90 Å². The number of hydrogen-bond donors (Lipinski definition) is 1. The maximum atomic E-state index is 13.7. The van der Waals surface area contributed by atoms with Crippen LogP contribution in [0.5, 0.6) is 0 Å². The second-order valence-electron chi connectivity index (χ2n) is 4.37. The average Bonchev–Trinajstić information content (AvgIpc) is 2.81. The normalized spacial score (nSPS) is 11.9. The number of nitrogens with one attached hydrogen (secondary N) is 1. The Labute approximate surface area is 114 Å². The van der Waals surface area contributed by atoms with Crippen LogP contribution >= 0.6 is 0 Å². The van der Waals surface area contributed by atoms with E-state index >= 15 is 0 Å². The van der Waals surface area contributed by atoms with Crippen molar-refractivity contribution < 1.29 is 12.8 Å². The number of halogens is 1. The molecule has 1 N–H and O–H groups in total. The number of hydrogen-bond acceptors (Lipinski definition) is 4. The third-order valence-corrected chi connectivity index (χ3v) is 4.03. The molecule has 7 heteroatoms. The smallest absolute Gasteiger partial charge is 0.177 e. The van der Waals surface area contributed by atoms with Crippen LogP contribution in [0.15, 0.2) is 41.6 Å². The molecule has 0 atom stereocenters. The largest absolute Gasteiger partial charge is 0.338 e. The van der Waals surface area contributed by atoms with Gasteiger partial charge < -0.3 is 4.98 Å². The molecule has 0 spiro atoms. The molecule has 1 aromatic carbocycles. The van der Waals surface area contributed by atoms with E-state index in [0.29, 0.717) is 11.0 Å². The highest BCUT2D eigenvalue weighted by molar-refractivity contribution is 7.91. The fraction of sp³-hybridized carbons (Fsp3) is 0.0769. The Hall–Kier alpha value is -2.28. The maximum absolute atomic E-state index is 13.7. The number of aromatic nitrogens is 3. The van der Waals surface area contributed by atoms with Crippen LogP contribution in [0.25, 0.3) is 22.4 Å². The minimum absolute atomic E-state index is 0.118. The van der Waals surface area contributed by atoms with E-state index in [2.05, 4.69) is 15.0 Å². The summed E-state index contributed by atoms with van der Waals surface area (Å²) in [5.41, 5.74) is 1.09. The third kappa shape index (κ3) is 2.05. The number of nitrogens with zero attached hydrogens (tertiary/aromatic N) is 2. The number of H-pyrrole nitrogens is 1. The van der Waals surface area contributed by atoms with Crippen molar-refractivity contribution in [3.63, 3.8) is 0 Å². The fourth-order valence-electron chi connectivity index (χ4n) is 2.00. The summed E-state index contributed by atoms with van der Waals surface area (Å²) in [5.74, 6) is -0.247. The van der Waals surface area contributed by atoms with Crippen molar-refractivity contribution in [3.05, 3.63) is 42.5 Å². The molecule has 0 aliphatic rings. The molecule has 0 saturated heterocycles. The number of fused-ring (bicyclic) bond motifs is 1. The topological polar surface area (TPSA) is 75.7 Å². The molecule has 0 fully saturated rings. The maximum Gasteiger partial charge on any atom is 0.177 e. The molecule has 0 unspecified atom stereocenters. The van der Waals surface area contributed by atoms with Gasteiger partial charge in [0, 0.05) is 12.5 Å². The highest BCUT2D eigenvalue weighted by Crippen LogP contribution is 2.26. The molecule has 0 bridgehead atoms. The highest BCUT2D eigenvalue weighted by atomic mass is 32.2. The summed E-state index contributed by atoms with van der Waals surface area (Å²) in [6.07, 6.45) is 3.65. The van der Waals surface area contributed by atoms with Crippen molar-refractivity contribution in [2.75, 3.05) is 6.26 Å². The summed E-state index contributed by atoms with van der Waals surface area (Å²) in [6, 6.07) is 6.27. The van der Waals surface area contributed by atoms with Gasteiger partial charge in [0.2, 0.25) is 0 Å². The zero-order valence-corrected chi connectivity index (χ0v) is 11.3. The van der Waals surface area contributed by atoms with Gasteiger partial charge >= 0.3 is 0 Å². The quantitative estimate of drug-likeness (QED) is 0.785. The Morgan fingerprint density at radius 3 is 2.75 bits per heavy atom. The molecule has 0 amide bonds. The zero-order valence-electron chi connectivity index (χ0n) is 10.5. The van der Waals surface area contributed by atoms with Gasteiger partial charge in [-0.15, -0.1) is 0 Å². The SMILES string of the molecule is CS(=O)(=O)c1cccc2[nH]c(-c3ccncc3F)nc12. The first-order chi connectivity index (χ1) is 9.47. The van der Waals surface area contributed by atoms with E-state index in [1.54, 1.807) is 12.1 Å². The monoisotopic (exact) mass is 291 g/mol. The lowest BCUT2D eigenvalue weighted by Gasteiger charge is -1.98. The van der Waals surface area contributed by atoms with Crippen molar-refractivity contribution in [2.24, 2.45) is 0 Å². The second kappa shape index (κ2) is 4.38. The number of para-hydroxylation sites is 1. The van der Waals surface area contributed by atoms with E-state index in [4.69, 9.17) is 0 Å². The van der Waals surface area contributed by atoms with Crippen molar-refractivity contribution >= 4 is 20.9 Å². The van der Waals surface area contributed by atoms with E-state index < -0.39 is 15.7 Å². The molecule has 2 aromatic heterocycles. The van der Waals surface area contributed by atoms with E-state index in [1.807, 2.05) is 0 Å². The molecular formula is C13H10FN3O2S. The van der Waals surface area contributed by atoms with Gasteiger partial charge in [-0.2, -0.15) is 0 Å². The molecule has 20 heavy (non-hydrogen) atoms. The highest BCUT2D eigenvalue weighted by Gasteiger charge is 2.16. The molecule has 0 radical (unpaired) electrons. The summed E-state index contributed by atoms with van der Waals surface area (Å²) in [5, 5.41) is 0. The molecule has 5 nitrogen and oxygen atoms in total. The van der Waals surface area contributed by atoms with E-state index in [0.717, 1.165) is 12.5 Å². The van der Waals surface area contributed by atoms with Gasteiger partial charge in [-0.05, 0) is 18.2 Å². The van der Waals surface area contributed by atoms with Gasteiger partial charge in [-0.3, -0.25) is 4.98 Å². The molecule has 102 valence electrons. The van der Waals surface area contributed by atoms with Crippen LogP contribution < -0.4 is 0 Å².